The van der Waals surface area contributed by atoms with Crippen molar-refractivity contribution in [2.24, 2.45) is 0 Å². The van der Waals surface area contributed by atoms with Crippen LogP contribution in [0.4, 0.5) is 0 Å². The SMILES string of the molecule is Cc1onc(-c2ccc(Cl)c(Cl)c2)c1C(=O)OCc1cncs1. The van der Waals surface area contributed by atoms with E-state index in [2.05, 4.69) is 10.1 Å². The summed E-state index contributed by atoms with van der Waals surface area (Å²) in [5.41, 5.74) is 2.94. The van der Waals surface area contributed by atoms with Crippen LogP contribution in [0.25, 0.3) is 11.3 Å². The molecule has 0 amide bonds. The smallest absolute Gasteiger partial charge is 0.344 e. The number of nitrogens with zero attached hydrogens (tertiary/aromatic N) is 2. The van der Waals surface area contributed by atoms with Gasteiger partial charge >= 0.3 is 5.97 Å². The normalized spacial score (nSPS) is 10.7. The van der Waals surface area contributed by atoms with Gasteiger partial charge < -0.3 is 9.26 Å². The van der Waals surface area contributed by atoms with Crippen LogP contribution in [0.5, 0.6) is 0 Å². The van der Waals surface area contributed by atoms with E-state index < -0.39 is 5.97 Å². The fourth-order valence-corrected chi connectivity index (χ4v) is 2.78. The molecule has 0 aliphatic carbocycles. The van der Waals surface area contributed by atoms with E-state index in [4.69, 9.17) is 32.5 Å². The Hall–Kier alpha value is -1.89. The van der Waals surface area contributed by atoms with E-state index in [-0.39, 0.29) is 12.2 Å². The molecule has 118 valence electrons. The fourth-order valence-electron chi connectivity index (χ4n) is 1.98. The van der Waals surface area contributed by atoms with Crippen molar-refractivity contribution in [3.05, 3.63) is 56.2 Å². The monoisotopic (exact) mass is 368 g/mol. The van der Waals surface area contributed by atoms with Crippen molar-refractivity contribution in [3.63, 3.8) is 0 Å². The Morgan fingerprint density at radius 3 is 2.87 bits per heavy atom. The van der Waals surface area contributed by atoms with Gasteiger partial charge in [-0.2, -0.15) is 0 Å². The van der Waals surface area contributed by atoms with E-state index in [1.165, 1.54) is 11.3 Å². The van der Waals surface area contributed by atoms with Crippen LogP contribution in [0.2, 0.25) is 10.0 Å². The summed E-state index contributed by atoms with van der Waals surface area (Å²) in [6.45, 7) is 1.80. The molecule has 3 rings (SSSR count). The number of rotatable bonds is 4. The van der Waals surface area contributed by atoms with Crippen LogP contribution in [-0.4, -0.2) is 16.1 Å². The zero-order chi connectivity index (χ0) is 16.4. The maximum atomic E-state index is 12.4. The summed E-state index contributed by atoms with van der Waals surface area (Å²) in [5.74, 6) is -0.140. The number of benzene rings is 1. The van der Waals surface area contributed by atoms with Crippen LogP contribution in [0.15, 0.2) is 34.4 Å². The van der Waals surface area contributed by atoms with Crippen LogP contribution in [0, 0.1) is 6.92 Å². The lowest BCUT2D eigenvalue weighted by Crippen LogP contribution is -2.06. The number of halogens is 2. The highest BCUT2D eigenvalue weighted by atomic mass is 35.5. The van der Waals surface area contributed by atoms with Gasteiger partial charge in [-0.1, -0.05) is 34.4 Å². The Morgan fingerprint density at radius 1 is 1.35 bits per heavy atom. The van der Waals surface area contributed by atoms with E-state index in [9.17, 15) is 4.79 Å². The van der Waals surface area contributed by atoms with Gasteiger partial charge in [0.15, 0.2) is 0 Å². The molecule has 0 aliphatic rings. The van der Waals surface area contributed by atoms with Crippen molar-refractivity contribution in [1.82, 2.24) is 10.1 Å². The second kappa shape index (κ2) is 6.70. The van der Waals surface area contributed by atoms with Gasteiger partial charge in [-0.25, -0.2) is 4.79 Å². The molecule has 0 aliphatic heterocycles. The highest BCUT2D eigenvalue weighted by molar-refractivity contribution is 7.09. The molecule has 8 heteroatoms. The number of aromatic nitrogens is 2. The number of ether oxygens (including phenoxy) is 1. The minimum absolute atomic E-state index is 0.148. The number of carbonyl (C=O) groups excluding carboxylic acids is 1. The van der Waals surface area contributed by atoms with Crippen LogP contribution in [0.1, 0.15) is 21.0 Å². The molecule has 0 saturated carbocycles. The standard InChI is InChI=1S/C15H10Cl2N2O3S/c1-8-13(15(20)21-6-10-5-18-7-23-10)14(19-22-8)9-2-3-11(16)12(17)4-9/h2-5,7H,6H2,1H3. The zero-order valence-electron chi connectivity index (χ0n) is 11.9. The Balaban J connectivity index is 1.88. The lowest BCUT2D eigenvalue weighted by molar-refractivity contribution is 0.0475. The highest BCUT2D eigenvalue weighted by Gasteiger charge is 2.23. The average molecular weight is 369 g/mol. The molecule has 0 atom stereocenters. The molecule has 3 aromatic rings. The van der Waals surface area contributed by atoms with E-state index in [0.717, 1.165) is 4.88 Å². The predicted molar refractivity (Wildman–Crippen MR) is 87.9 cm³/mol. The maximum Gasteiger partial charge on any atom is 0.344 e. The van der Waals surface area contributed by atoms with Gasteiger partial charge in [0.25, 0.3) is 0 Å². The third-order valence-corrected chi connectivity index (χ3v) is 4.58. The Labute approximate surface area is 145 Å². The summed E-state index contributed by atoms with van der Waals surface area (Å²) in [7, 11) is 0. The molecular formula is C15H10Cl2N2O3S. The predicted octanol–water partition coefficient (Wildman–Crippen LogP) is 4.77. The minimum Gasteiger partial charge on any atom is -0.456 e. The average Bonchev–Trinajstić information content (AvgIpc) is 3.17. The summed E-state index contributed by atoms with van der Waals surface area (Å²) in [6.07, 6.45) is 1.65. The largest absolute Gasteiger partial charge is 0.456 e. The molecule has 1 aromatic carbocycles. The van der Waals surface area contributed by atoms with Gasteiger partial charge in [0.1, 0.15) is 23.6 Å². The molecule has 0 radical (unpaired) electrons. The van der Waals surface area contributed by atoms with Crippen molar-refractivity contribution >= 4 is 40.5 Å². The molecule has 5 nitrogen and oxygen atoms in total. The molecule has 0 saturated heterocycles. The first-order valence-corrected chi connectivity index (χ1v) is 8.16. The highest BCUT2D eigenvalue weighted by Crippen LogP contribution is 2.31. The van der Waals surface area contributed by atoms with E-state index in [1.54, 1.807) is 36.8 Å². The Bertz CT molecular complexity index is 847. The van der Waals surface area contributed by atoms with E-state index in [0.29, 0.717) is 27.1 Å². The Morgan fingerprint density at radius 2 is 2.17 bits per heavy atom. The number of hydrogen-bond acceptors (Lipinski definition) is 6. The van der Waals surface area contributed by atoms with Gasteiger partial charge in [0.05, 0.1) is 20.4 Å². The summed E-state index contributed by atoms with van der Waals surface area (Å²) in [4.78, 5) is 17.2. The first-order chi connectivity index (χ1) is 11.1. The number of aryl methyl sites for hydroxylation is 1. The van der Waals surface area contributed by atoms with Crippen molar-refractivity contribution in [2.75, 3.05) is 0 Å². The molecule has 0 N–H and O–H groups in total. The van der Waals surface area contributed by atoms with Gasteiger partial charge in [-0.15, -0.1) is 11.3 Å². The summed E-state index contributed by atoms with van der Waals surface area (Å²) >= 11 is 13.3. The second-order valence-corrected chi connectivity index (χ2v) is 6.42. The van der Waals surface area contributed by atoms with Gasteiger partial charge in [-0.05, 0) is 19.1 Å². The van der Waals surface area contributed by atoms with E-state index >= 15 is 0 Å². The Kier molecular flexibility index (Phi) is 4.66. The number of thiazole rings is 1. The quantitative estimate of drug-likeness (QED) is 0.620. The van der Waals surface area contributed by atoms with Crippen molar-refractivity contribution in [1.29, 1.82) is 0 Å². The molecule has 23 heavy (non-hydrogen) atoms. The first kappa shape index (κ1) is 16.0. The number of hydrogen-bond donors (Lipinski definition) is 0. The van der Waals surface area contributed by atoms with Crippen LogP contribution >= 0.6 is 34.5 Å². The van der Waals surface area contributed by atoms with Gasteiger partial charge in [0.2, 0.25) is 0 Å². The molecular weight excluding hydrogens is 359 g/mol. The number of esters is 1. The summed E-state index contributed by atoms with van der Waals surface area (Å²) in [5, 5.41) is 4.73. The molecule has 2 heterocycles. The molecule has 2 aromatic heterocycles. The van der Waals surface area contributed by atoms with Crippen LogP contribution in [-0.2, 0) is 11.3 Å². The molecule has 0 unspecified atom stereocenters. The second-order valence-electron chi connectivity index (χ2n) is 4.64. The van der Waals surface area contributed by atoms with Crippen LogP contribution in [0.3, 0.4) is 0 Å². The zero-order valence-corrected chi connectivity index (χ0v) is 14.2. The van der Waals surface area contributed by atoms with Crippen molar-refractivity contribution in [3.8, 4) is 11.3 Å². The summed E-state index contributed by atoms with van der Waals surface area (Å²) in [6, 6.07) is 4.97. The molecule has 0 spiro atoms. The molecule has 0 bridgehead atoms. The lowest BCUT2D eigenvalue weighted by atomic mass is 10.1. The lowest BCUT2D eigenvalue weighted by Gasteiger charge is -2.05. The maximum absolute atomic E-state index is 12.4. The van der Waals surface area contributed by atoms with Gasteiger partial charge in [-0.3, -0.25) is 4.98 Å². The van der Waals surface area contributed by atoms with Crippen molar-refractivity contribution in [2.45, 2.75) is 13.5 Å². The first-order valence-electron chi connectivity index (χ1n) is 6.52. The van der Waals surface area contributed by atoms with E-state index in [1.807, 2.05) is 0 Å². The minimum atomic E-state index is -0.516. The third kappa shape index (κ3) is 3.39. The van der Waals surface area contributed by atoms with Crippen molar-refractivity contribution < 1.29 is 14.1 Å². The topological polar surface area (TPSA) is 65.2 Å². The number of carbonyl (C=O) groups is 1. The molecule has 0 fully saturated rings. The van der Waals surface area contributed by atoms with Crippen LogP contribution < -0.4 is 0 Å². The fraction of sp³-hybridized carbons (Fsp3) is 0.133. The third-order valence-electron chi connectivity index (χ3n) is 3.09. The van der Waals surface area contributed by atoms with Gasteiger partial charge in [0, 0.05) is 11.8 Å². The summed E-state index contributed by atoms with van der Waals surface area (Å²) < 4.78 is 10.4.